The van der Waals surface area contributed by atoms with Gasteiger partial charge in [-0.05, 0) is 43.0 Å². The monoisotopic (exact) mass is 314 g/mol. The lowest BCUT2D eigenvalue weighted by atomic mass is 10.0. The smallest absolute Gasteiger partial charge is 0.339 e. The summed E-state index contributed by atoms with van der Waals surface area (Å²) in [7, 11) is 1.25. The number of hydrogen-bond donors (Lipinski definition) is 1. The highest BCUT2D eigenvalue weighted by Gasteiger charge is 2.21. The van der Waals surface area contributed by atoms with Crippen LogP contribution >= 0.6 is 0 Å². The Balaban J connectivity index is 2.24. The van der Waals surface area contributed by atoms with Crippen LogP contribution in [0.4, 0.5) is 0 Å². The van der Waals surface area contributed by atoms with Crippen molar-refractivity contribution in [2.24, 2.45) is 0 Å². The van der Waals surface area contributed by atoms with Crippen molar-refractivity contribution < 1.29 is 19.4 Å². The van der Waals surface area contributed by atoms with E-state index >= 15 is 0 Å². The van der Waals surface area contributed by atoms with E-state index in [0.29, 0.717) is 5.56 Å². The molecule has 1 atom stereocenters. The molecule has 2 rings (SSSR count). The summed E-state index contributed by atoms with van der Waals surface area (Å²) in [6.07, 6.45) is -1.31. The van der Waals surface area contributed by atoms with E-state index in [1.54, 1.807) is 12.1 Å². The number of aliphatic hydroxyl groups is 1. The van der Waals surface area contributed by atoms with E-state index in [1.807, 2.05) is 32.9 Å². The Bertz CT molecular complexity index is 683. The molecule has 4 heteroatoms. The molecule has 122 valence electrons. The first-order chi connectivity index (χ1) is 10.9. The average molecular weight is 314 g/mol. The Morgan fingerprint density at radius 2 is 1.74 bits per heavy atom. The highest BCUT2D eigenvalue weighted by atomic mass is 16.5. The number of aliphatic hydroxyl groups excluding tert-OH is 1. The summed E-state index contributed by atoms with van der Waals surface area (Å²) in [5.41, 5.74) is 4.57. The van der Waals surface area contributed by atoms with E-state index < -0.39 is 12.1 Å². The predicted molar refractivity (Wildman–Crippen MR) is 88.4 cm³/mol. The largest absolute Gasteiger partial charge is 0.488 e. The zero-order valence-electron chi connectivity index (χ0n) is 13.9. The average Bonchev–Trinajstić information content (AvgIpc) is 2.52. The van der Waals surface area contributed by atoms with Gasteiger partial charge in [0, 0.05) is 0 Å². The van der Waals surface area contributed by atoms with E-state index in [-0.39, 0.29) is 6.61 Å². The second-order valence-electron chi connectivity index (χ2n) is 5.64. The van der Waals surface area contributed by atoms with Crippen LogP contribution in [0, 0.1) is 20.8 Å². The first-order valence-electron chi connectivity index (χ1n) is 7.48. The molecule has 0 saturated carbocycles. The summed E-state index contributed by atoms with van der Waals surface area (Å²) in [5.74, 6) is 0.151. The molecule has 0 aromatic heterocycles. The van der Waals surface area contributed by atoms with Crippen LogP contribution in [0.3, 0.4) is 0 Å². The number of carbonyl (C=O) groups excluding carboxylic acids is 1. The zero-order chi connectivity index (χ0) is 17.0. The van der Waals surface area contributed by atoms with Crippen LogP contribution in [-0.2, 0) is 16.1 Å². The van der Waals surface area contributed by atoms with E-state index in [2.05, 4.69) is 16.9 Å². The number of benzene rings is 2. The molecule has 0 bridgehead atoms. The molecule has 0 fully saturated rings. The van der Waals surface area contributed by atoms with Gasteiger partial charge in [-0.25, -0.2) is 4.79 Å². The first kappa shape index (κ1) is 17.0. The maximum absolute atomic E-state index is 11.6. The van der Waals surface area contributed by atoms with Crippen molar-refractivity contribution in [1.29, 1.82) is 0 Å². The van der Waals surface area contributed by atoms with Crippen LogP contribution in [0.2, 0.25) is 0 Å². The second-order valence-corrected chi connectivity index (χ2v) is 5.64. The minimum absolute atomic E-state index is 0.273. The van der Waals surface area contributed by atoms with Gasteiger partial charge < -0.3 is 14.6 Å². The number of carbonyl (C=O) groups is 1. The van der Waals surface area contributed by atoms with Gasteiger partial charge in [-0.3, -0.25) is 0 Å². The van der Waals surface area contributed by atoms with E-state index in [1.165, 1.54) is 12.7 Å². The number of rotatable bonds is 5. The van der Waals surface area contributed by atoms with Crippen molar-refractivity contribution in [3.05, 3.63) is 64.2 Å². The van der Waals surface area contributed by atoms with E-state index in [9.17, 15) is 9.90 Å². The van der Waals surface area contributed by atoms with Crippen LogP contribution < -0.4 is 4.74 Å². The molecule has 0 saturated heterocycles. The molecule has 1 unspecified atom stereocenters. The molecule has 0 aliphatic heterocycles. The number of methoxy groups -OCH3 is 1. The lowest BCUT2D eigenvalue weighted by Gasteiger charge is -2.17. The number of hydrogen-bond acceptors (Lipinski definition) is 4. The third-order valence-corrected chi connectivity index (χ3v) is 3.75. The fourth-order valence-electron chi connectivity index (χ4n) is 2.72. The van der Waals surface area contributed by atoms with Gasteiger partial charge >= 0.3 is 5.97 Å². The van der Waals surface area contributed by atoms with Crippen LogP contribution in [0.25, 0.3) is 0 Å². The van der Waals surface area contributed by atoms with Crippen LogP contribution in [0.15, 0.2) is 36.4 Å². The van der Waals surface area contributed by atoms with Gasteiger partial charge in [0.15, 0.2) is 6.10 Å². The van der Waals surface area contributed by atoms with Gasteiger partial charge in [-0.2, -0.15) is 0 Å². The maximum Gasteiger partial charge on any atom is 0.339 e. The first-order valence-corrected chi connectivity index (χ1v) is 7.48. The molecule has 23 heavy (non-hydrogen) atoms. The van der Waals surface area contributed by atoms with Crippen molar-refractivity contribution in [3.8, 4) is 5.75 Å². The molecule has 4 nitrogen and oxygen atoms in total. The van der Waals surface area contributed by atoms with Gasteiger partial charge in [-0.15, -0.1) is 0 Å². The highest BCUT2D eigenvalue weighted by Crippen LogP contribution is 2.27. The van der Waals surface area contributed by atoms with Gasteiger partial charge in [0.2, 0.25) is 0 Å². The Labute approximate surface area is 136 Å². The minimum Gasteiger partial charge on any atom is -0.488 e. The molecule has 2 aromatic rings. The Morgan fingerprint density at radius 1 is 1.13 bits per heavy atom. The predicted octanol–water partition coefficient (Wildman–Crippen LogP) is 3.40. The van der Waals surface area contributed by atoms with Crippen LogP contribution in [0.1, 0.15) is 33.9 Å². The van der Waals surface area contributed by atoms with Gasteiger partial charge in [0.1, 0.15) is 12.4 Å². The molecule has 0 heterocycles. The number of ether oxygens (including phenoxy) is 2. The normalized spacial score (nSPS) is 11.9. The topological polar surface area (TPSA) is 55.8 Å². The molecule has 1 N–H and O–H groups in total. The third-order valence-electron chi connectivity index (χ3n) is 3.75. The summed E-state index contributed by atoms with van der Waals surface area (Å²) >= 11 is 0. The third kappa shape index (κ3) is 3.90. The lowest BCUT2D eigenvalue weighted by Crippen LogP contribution is -2.16. The summed E-state index contributed by atoms with van der Waals surface area (Å²) in [6, 6.07) is 11.3. The van der Waals surface area contributed by atoms with Crippen molar-refractivity contribution in [2.75, 3.05) is 7.11 Å². The van der Waals surface area contributed by atoms with Gasteiger partial charge in [0.05, 0.1) is 7.11 Å². The molecule has 2 aromatic carbocycles. The highest BCUT2D eigenvalue weighted by molar-refractivity contribution is 5.76. The standard InChI is InChI=1S/C19H22O4/c1-12-9-13(2)18(14(3)10-12)23-11-15-7-5-6-8-16(15)17(20)19(21)22-4/h5-10,17,20H,11H2,1-4H3. The van der Waals surface area contributed by atoms with E-state index in [4.69, 9.17) is 4.74 Å². The van der Waals surface area contributed by atoms with Crippen LogP contribution in [-0.4, -0.2) is 18.2 Å². The summed E-state index contributed by atoms with van der Waals surface area (Å²) in [5, 5.41) is 10.1. The van der Waals surface area contributed by atoms with Crippen molar-refractivity contribution in [1.82, 2.24) is 0 Å². The van der Waals surface area contributed by atoms with Crippen molar-refractivity contribution >= 4 is 5.97 Å². The fraction of sp³-hybridized carbons (Fsp3) is 0.316. The fourth-order valence-corrected chi connectivity index (χ4v) is 2.72. The van der Waals surface area contributed by atoms with Crippen molar-refractivity contribution in [3.63, 3.8) is 0 Å². The summed E-state index contributed by atoms with van der Waals surface area (Å²) in [4.78, 5) is 11.6. The SMILES string of the molecule is COC(=O)C(O)c1ccccc1COc1c(C)cc(C)cc1C. The molecule has 0 spiro atoms. The Kier molecular flexibility index (Phi) is 5.40. The molecular weight excluding hydrogens is 292 g/mol. The number of esters is 1. The number of aryl methyl sites for hydroxylation is 3. The Hall–Kier alpha value is -2.33. The molecule has 0 amide bonds. The molecule has 0 radical (unpaired) electrons. The molecule has 0 aliphatic carbocycles. The van der Waals surface area contributed by atoms with E-state index in [0.717, 1.165) is 22.4 Å². The second kappa shape index (κ2) is 7.29. The van der Waals surface area contributed by atoms with Crippen LogP contribution in [0.5, 0.6) is 5.75 Å². The summed E-state index contributed by atoms with van der Waals surface area (Å²) in [6.45, 7) is 6.33. The Morgan fingerprint density at radius 3 is 2.35 bits per heavy atom. The maximum atomic E-state index is 11.6. The van der Waals surface area contributed by atoms with Gasteiger partial charge in [-0.1, -0.05) is 42.0 Å². The minimum atomic E-state index is -1.31. The summed E-state index contributed by atoms with van der Waals surface area (Å²) < 4.78 is 10.6. The van der Waals surface area contributed by atoms with Crippen molar-refractivity contribution in [2.45, 2.75) is 33.5 Å². The lowest BCUT2D eigenvalue weighted by molar-refractivity contribution is -0.150. The quantitative estimate of drug-likeness (QED) is 0.859. The molecular formula is C19H22O4. The molecule has 0 aliphatic rings. The van der Waals surface area contributed by atoms with Gasteiger partial charge in [0.25, 0.3) is 0 Å². The zero-order valence-corrected chi connectivity index (χ0v) is 13.9.